The van der Waals surface area contributed by atoms with Crippen molar-refractivity contribution >= 4 is 17.4 Å². The average Bonchev–Trinajstić information content (AvgIpc) is 3.23. The molecule has 11 heteroatoms. The number of oxime groups is 1. The lowest BCUT2D eigenvalue weighted by atomic mass is 10.1. The van der Waals surface area contributed by atoms with Gasteiger partial charge in [-0.25, -0.2) is 9.67 Å². The molecule has 11 nitrogen and oxygen atoms in total. The first-order valence-corrected chi connectivity index (χ1v) is 10.6. The molecule has 1 amide bonds. The lowest BCUT2D eigenvalue weighted by Gasteiger charge is -2.16. The van der Waals surface area contributed by atoms with Crippen LogP contribution in [-0.2, 0) is 32.8 Å². The predicted octanol–water partition coefficient (Wildman–Crippen LogP) is 2.30. The van der Waals surface area contributed by atoms with E-state index in [9.17, 15) is 4.79 Å². The van der Waals surface area contributed by atoms with Crippen LogP contribution in [0.15, 0.2) is 53.7 Å². The molecule has 0 aliphatic rings. The fraction of sp³-hybridized carbons (Fsp3) is 0.364. The highest BCUT2D eigenvalue weighted by molar-refractivity contribution is 6.10. The first kappa shape index (κ1) is 24.0. The molecule has 0 saturated carbocycles. The second-order valence-electron chi connectivity index (χ2n) is 6.81. The van der Waals surface area contributed by atoms with Crippen molar-refractivity contribution in [3.05, 3.63) is 65.6 Å². The van der Waals surface area contributed by atoms with Gasteiger partial charge in [0.1, 0.15) is 5.82 Å². The van der Waals surface area contributed by atoms with Crippen molar-refractivity contribution in [1.82, 2.24) is 25.2 Å². The summed E-state index contributed by atoms with van der Waals surface area (Å²) in [4.78, 5) is 22.3. The Hall–Kier alpha value is -3.70. The van der Waals surface area contributed by atoms with Crippen molar-refractivity contribution in [2.45, 2.75) is 33.2 Å². The van der Waals surface area contributed by atoms with Crippen molar-refractivity contribution in [2.75, 3.05) is 18.5 Å². The third kappa shape index (κ3) is 7.16. The molecule has 1 aromatic carbocycles. The van der Waals surface area contributed by atoms with Crippen LogP contribution in [-0.4, -0.2) is 56.3 Å². The van der Waals surface area contributed by atoms with E-state index in [1.165, 1.54) is 4.68 Å². The predicted molar refractivity (Wildman–Crippen MR) is 120 cm³/mol. The number of nitrogens with one attached hydrogen (secondary N) is 1. The van der Waals surface area contributed by atoms with Crippen LogP contribution >= 0.6 is 0 Å². The maximum absolute atomic E-state index is 12.3. The van der Waals surface area contributed by atoms with E-state index in [-0.39, 0.29) is 18.9 Å². The highest BCUT2D eigenvalue weighted by Crippen LogP contribution is 2.11. The van der Waals surface area contributed by atoms with Crippen LogP contribution in [0.2, 0.25) is 0 Å². The van der Waals surface area contributed by atoms with Crippen LogP contribution in [0.1, 0.15) is 37.4 Å². The van der Waals surface area contributed by atoms with E-state index in [4.69, 9.17) is 14.3 Å². The molecule has 0 fully saturated rings. The number of rotatable bonds is 12. The number of benzene rings is 1. The molecule has 2 heterocycles. The van der Waals surface area contributed by atoms with Gasteiger partial charge in [-0.2, -0.15) is 0 Å². The summed E-state index contributed by atoms with van der Waals surface area (Å²) < 4.78 is 12.3. The standard InChI is InChI=1S/C22H27N7O4/c1-4-31-20(32-5-2)14-19(30)24-18-13-9-12-17(23-18)15-33-26-21(16-10-7-6-8-11-16)22-25-27-28-29(22)3/h6-13,20H,4-5,14-15H2,1-3H3,(H,23,24,30)/b26-21-. The van der Waals surface area contributed by atoms with Gasteiger partial charge in [0.25, 0.3) is 0 Å². The molecule has 0 bridgehead atoms. The molecule has 0 aliphatic heterocycles. The monoisotopic (exact) mass is 453 g/mol. The number of hydrogen-bond donors (Lipinski definition) is 1. The van der Waals surface area contributed by atoms with Crippen molar-refractivity contribution in [2.24, 2.45) is 12.2 Å². The molecular weight excluding hydrogens is 426 g/mol. The second kappa shape index (κ2) is 12.4. The molecule has 0 spiro atoms. The van der Waals surface area contributed by atoms with Gasteiger partial charge in [-0.15, -0.1) is 5.10 Å². The summed E-state index contributed by atoms with van der Waals surface area (Å²) in [5, 5.41) is 18.6. The summed E-state index contributed by atoms with van der Waals surface area (Å²) >= 11 is 0. The van der Waals surface area contributed by atoms with Gasteiger partial charge in [0, 0.05) is 25.8 Å². The van der Waals surface area contributed by atoms with Gasteiger partial charge in [-0.1, -0.05) is 41.6 Å². The smallest absolute Gasteiger partial charge is 0.230 e. The molecule has 0 unspecified atom stereocenters. The van der Waals surface area contributed by atoms with E-state index in [0.717, 1.165) is 5.56 Å². The Labute approximate surface area is 191 Å². The van der Waals surface area contributed by atoms with Crippen LogP contribution < -0.4 is 5.32 Å². The van der Waals surface area contributed by atoms with Crippen LogP contribution in [0.4, 0.5) is 5.82 Å². The second-order valence-corrected chi connectivity index (χ2v) is 6.81. The average molecular weight is 454 g/mol. The number of amides is 1. The third-order valence-electron chi connectivity index (χ3n) is 4.38. The van der Waals surface area contributed by atoms with Gasteiger partial charge < -0.3 is 19.6 Å². The first-order chi connectivity index (χ1) is 16.1. The van der Waals surface area contributed by atoms with Crippen LogP contribution in [0, 0.1) is 0 Å². The first-order valence-electron chi connectivity index (χ1n) is 10.6. The summed E-state index contributed by atoms with van der Waals surface area (Å²) in [6.45, 7) is 4.70. The summed E-state index contributed by atoms with van der Waals surface area (Å²) in [5.74, 6) is 0.609. The number of carbonyl (C=O) groups excluding carboxylic acids is 1. The number of nitrogens with zero attached hydrogens (tertiary/aromatic N) is 6. The summed E-state index contributed by atoms with van der Waals surface area (Å²) in [7, 11) is 1.73. The van der Waals surface area contributed by atoms with Crippen molar-refractivity contribution in [3.63, 3.8) is 0 Å². The van der Waals surface area contributed by atoms with Gasteiger partial charge in [-0.05, 0) is 36.4 Å². The Balaban J connectivity index is 1.65. The molecule has 174 valence electrons. The lowest BCUT2D eigenvalue weighted by molar-refractivity contribution is -0.150. The quantitative estimate of drug-likeness (QED) is 0.252. The Morgan fingerprint density at radius 3 is 2.52 bits per heavy atom. The minimum atomic E-state index is -0.590. The Morgan fingerprint density at radius 2 is 1.85 bits per heavy atom. The molecular formula is C22H27N7O4. The Kier molecular flexibility index (Phi) is 8.98. The molecule has 33 heavy (non-hydrogen) atoms. The number of aryl methyl sites for hydroxylation is 1. The largest absolute Gasteiger partial charge is 0.389 e. The van der Waals surface area contributed by atoms with Crippen molar-refractivity contribution in [3.8, 4) is 0 Å². The zero-order valence-corrected chi connectivity index (χ0v) is 18.8. The summed E-state index contributed by atoms with van der Waals surface area (Å²) in [6, 6.07) is 14.7. The Morgan fingerprint density at radius 1 is 1.09 bits per heavy atom. The molecule has 0 radical (unpaired) electrons. The minimum absolute atomic E-state index is 0.0700. The normalized spacial score (nSPS) is 11.6. The van der Waals surface area contributed by atoms with Gasteiger partial charge >= 0.3 is 0 Å². The molecule has 2 aromatic heterocycles. The molecule has 3 rings (SSSR count). The molecule has 0 atom stereocenters. The zero-order chi connectivity index (χ0) is 23.5. The number of hydrogen-bond acceptors (Lipinski definition) is 9. The van der Waals surface area contributed by atoms with Gasteiger partial charge in [0.2, 0.25) is 11.7 Å². The lowest BCUT2D eigenvalue weighted by Crippen LogP contribution is -2.25. The number of ether oxygens (including phenoxy) is 2. The Bertz CT molecular complexity index is 1050. The maximum atomic E-state index is 12.3. The van der Waals surface area contributed by atoms with Crippen LogP contribution in [0.3, 0.4) is 0 Å². The highest BCUT2D eigenvalue weighted by Gasteiger charge is 2.16. The summed E-state index contributed by atoms with van der Waals surface area (Å²) in [6.07, 6.45) is -0.520. The fourth-order valence-corrected chi connectivity index (χ4v) is 2.92. The number of tetrazole rings is 1. The molecule has 1 N–H and O–H groups in total. The molecule has 0 saturated heterocycles. The maximum Gasteiger partial charge on any atom is 0.230 e. The van der Waals surface area contributed by atoms with E-state index >= 15 is 0 Å². The minimum Gasteiger partial charge on any atom is -0.389 e. The van der Waals surface area contributed by atoms with E-state index in [2.05, 4.69) is 31.0 Å². The van der Waals surface area contributed by atoms with E-state index < -0.39 is 6.29 Å². The number of aromatic nitrogens is 5. The SMILES string of the molecule is CCOC(CC(=O)Nc1cccc(CO/N=C(/c2ccccc2)c2nnnn2C)n1)OCC. The number of pyridine rings is 1. The van der Waals surface area contributed by atoms with Crippen LogP contribution in [0.25, 0.3) is 0 Å². The van der Waals surface area contributed by atoms with Gasteiger partial charge in [0.15, 0.2) is 18.6 Å². The third-order valence-corrected chi connectivity index (χ3v) is 4.38. The number of anilines is 1. The number of carbonyl (C=O) groups is 1. The molecule has 3 aromatic rings. The summed E-state index contributed by atoms with van der Waals surface area (Å²) in [5.41, 5.74) is 1.89. The van der Waals surface area contributed by atoms with Crippen molar-refractivity contribution in [1.29, 1.82) is 0 Å². The van der Waals surface area contributed by atoms with E-state index in [1.54, 1.807) is 25.2 Å². The molecule has 0 aliphatic carbocycles. The van der Waals surface area contributed by atoms with Crippen molar-refractivity contribution < 1.29 is 19.1 Å². The van der Waals surface area contributed by atoms with Gasteiger partial charge in [-0.3, -0.25) is 4.79 Å². The van der Waals surface area contributed by atoms with Gasteiger partial charge in [0.05, 0.1) is 12.1 Å². The van der Waals surface area contributed by atoms with E-state index in [1.807, 2.05) is 44.2 Å². The topological polar surface area (TPSA) is 126 Å². The fourth-order valence-electron chi connectivity index (χ4n) is 2.92. The zero-order valence-electron chi connectivity index (χ0n) is 18.8. The van der Waals surface area contributed by atoms with E-state index in [0.29, 0.717) is 36.3 Å². The van der Waals surface area contributed by atoms with Crippen LogP contribution in [0.5, 0.6) is 0 Å². The highest BCUT2D eigenvalue weighted by atomic mass is 16.7.